The molecule has 0 amide bonds. The molecule has 0 radical (unpaired) electrons. The van der Waals surface area contributed by atoms with Crippen LogP contribution in [0.2, 0.25) is 0 Å². The number of aromatic nitrogens is 2. The number of ether oxygens (including phenoxy) is 1. The second-order valence-corrected chi connectivity index (χ2v) is 4.93. The Balaban J connectivity index is 1.77. The summed E-state index contributed by atoms with van der Waals surface area (Å²) in [6.45, 7) is 8.16. The standard InChI is InChI=1S/C17H23N3O/c1-3-4-12-21-13-10-19-15(2)16-5-7-17(8-6-16)20-11-9-18-14-20/h3,5-9,11,14-15,19H,1,4,10,12-13H2,2H3. The molecule has 1 unspecified atom stereocenters. The Hall–Kier alpha value is -1.91. The van der Waals surface area contributed by atoms with E-state index in [-0.39, 0.29) is 0 Å². The van der Waals surface area contributed by atoms with Gasteiger partial charge < -0.3 is 14.6 Å². The van der Waals surface area contributed by atoms with Gasteiger partial charge in [-0.25, -0.2) is 4.98 Å². The number of hydrogen-bond donors (Lipinski definition) is 1. The number of hydrogen-bond acceptors (Lipinski definition) is 3. The maximum Gasteiger partial charge on any atom is 0.0991 e. The van der Waals surface area contributed by atoms with Crippen LogP contribution >= 0.6 is 0 Å². The highest BCUT2D eigenvalue weighted by Crippen LogP contribution is 2.15. The first-order valence-corrected chi connectivity index (χ1v) is 7.31. The van der Waals surface area contributed by atoms with Gasteiger partial charge in [0.25, 0.3) is 0 Å². The zero-order valence-electron chi connectivity index (χ0n) is 12.5. The Kier molecular flexibility index (Phi) is 6.19. The molecule has 1 N–H and O–H groups in total. The smallest absolute Gasteiger partial charge is 0.0991 e. The maximum absolute atomic E-state index is 5.48. The molecule has 0 bridgehead atoms. The molecule has 2 rings (SSSR count). The summed E-state index contributed by atoms with van der Waals surface area (Å²) in [6.07, 6.45) is 8.31. The van der Waals surface area contributed by atoms with Crippen LogP contribution in [-0.2, 0) is 4.74 Å². The summed E-state index contributed by atoms with van der Waals surface area (Å²) in [6, 6.07) is 8.81. The SMILES string of the molecule is C=CCCOCCNC(C)c1ccc(-n2ccnc2)cc1. The van der Waals surface area contributed by atoms with Crippen molar-refractivity contribution in [2.75, 3.05) is 19.8 Å². The molecule has 0 aliphatic heterocycles. The molecule has 112 valence electrons. The fourth-order valence-electron chi connectivity index (χ4n) is 2.08. The number of rotatable bonds is 9. The lowest BCUT2D eigenvalue weighted by molar-refractivity contribution is 0.138. The first-order valence-electron chi connectivity index (χ1n) is 7.31. The van der Waals surface area contributed by atoms with Gasteiger partial charge in [-0.3, -0.25) is 0 Å². The third-order valence-corrected chi connectivity index (χ3v) is 3.36. The highest BCUT2D eigenvalue weighted by molar-refractivity contribution is 5.35. The van der Waals surface area contributed by atoms with Crippen molar-refractivity contribution in [2.24, 2.45) is 0 Å². The molecule has 0 spiro atoms. The van der Waals surface area contributed by atoms with E-state index in [9.17, 15) is 0 Å². The van der Waals surface area contributed by atoms with Crippen molar-refractivity contribution in [1.29, 1.82) is 0 Å². The van der Waals surface area contributed by atoms with Gasteiger partial charge in [-0.15, -0.1) is 6.58 Å². The van der Waals surface area contributed by atoms with Crippen molar-refractivity contribution in [3.63, 3.8) is 0 Å². The number of nitrogens with one attached hydrogen (secondary N) is 1. The summed E-state index contributed by atoms with van der Waals surface area (Å²) in [5, 5.41) is 3.46. The van der Waals surface area contributed by atoms with Gasteiger partial charge in [0, 0.05) is 30.7 Å². The molecule has 0 saturated heterocycles. The van der Waals surface area contributed by atoms with Gasteiger partial charge in [0.15, 0.2) is 0 Å². The second-order valence-electron chi connectivity index (χ2n) is 4.93. The van der Waals surface area contributed by atoms with Gasteiger partial charge in [0.2, 0.25) is 0 Å². The second kappa shape index (κ2) is 8.39. The third kappa shape index (κ3) is 4.85. The monoisotopic (exact) mass is 285 g/mol. The third-order valence-electron chi connectivity index (χ3n) is 3.36. The fourth-order valence-corrected chi connectivity index (χ4v) is 2.08. The lowest BCUT2D eigenvalue weighted by Gasteiger charge is -2.15. The molecule has 0 aliphatic carbocycles. The van der Waals surface area contributed by atoms with Gasteiger partial charge in [-0.05, 0) is 31.0 Å². The molecule has 4 heteroatoms. The average molecular weight is 285 g/mol. The summed E-state index contributed by atoms with van der Waals surface area (Å²) in [5.41, 5.74) is 2.39. The molecule has 1 atom stereocenters. The average Bonchev–Trinajstić information content (AvgIpc) is 3.05. The lowest BCUT2D eigenvalue weighted by Crippen LogP contribution is -2.23. The molecule has 0 fully saturated rings. The fraction of sp³-hybridized carbons (Fsp3) is 0.353. The molecular formula is C17H23N3O. The highest BCUT2D eigenvalue weighted by atomic mass is 16.5. The number of nitrogens with zero attached hydrogens (tertiary/aromatic N) is 2. The van der Waals surface area contributed by atoms with Gasteiger partial charge in [0.05, 0.1) is 19.5 Å². The van der Waals surface area contributed by atoms with Crippen LogP contribution in [0.1, 0.15) is 24.9 Å². The highest BCUT2D eigenvalue weighted by Gasteiger charge is 2.04. The van der Waals surface area contributed by atoms with E-state index in [1.165, 1.54) is 5.56 Å². The molecule has 0 saturated carbocycles. The van der Waals surface area contributed by atoms with Gasteiger partial charge >= 0.3 is 0 Å². The van der Waals surface area contributed by atoms with Crippen molar-refractivity contribution in [2.45, 2.75) is 19.4 Å². The normalized spacial score (nSPS) is 12.2. The molecule has 4 nitrogen and oxygen atoms in total. The van der Waals surface area contributed by atoms with Crippen LogP contribution in [0.3, 0.4) is 0 Å². The van der Waals surface area contributed by atoms with Crippen molar-refractivity contribution in [1.82, 2.24) is 14.9 Å². The topological polar surface area (TPSA) is 39.1 Å². The van der Waals surface area contributed by atoms with Crippen LogP contribution < -0.4 is 5.32 Å². The van der Waals surface area contributed by atoms with Crippen LogP contribution in [0.25, 0.3) is 5.69 Å². The molecule has 1 aromatic carbocycles. The van der Waals surface area contributed by atoms with Gasteiger partial charge in [-0.2, -0.15) is 0 Å². The van der Waals surface area contributed by atoms with Crippen LogP contribution in [0.4, 0.5) is 0 Å². The predicted octanol–water partition coefficient (Wildman–Crippen LogP) is 3.12. The predicted molar refractivity (Wildman–Crippen MR) is 85.6 cm³/mol. The summed E-state index contributed by atoms with van der Waals surface area (Å²) in [7, 11) is 0. The Morgan fingerprint density at radius 3 is 2.81 bits per heavy atom. The van der Waals surface area contributed by atoms with E-state index >= 15 is 0 Å². The molecule has 21 heavy (non-hydrogen) atoms. The van der Waals surface area contributed by atoms with Crippen molar-refractivity contribution < 1.29 is 4.74 Å². The number of imidazole rings is 1. The van der Waals surface area contributed by atoms with E-state index in [0.717, 1.165) is 31.9 Å². The quantitative estimate of drug-likeness (QED) is 0.568. The van der Waals surface area contributed by atoms with Gasteiger partial charge in [0.1, 0.15) is 0 Å². The van der Waals surface area contributed by atoms with Crippen LogP contribution in [0.15, 0.2) is 55.6 Å². The minimum absolute atomic E-state index is 0.310. The van der Waals surface area contributed by atoms with E-state index < -0.39 is 0 Å². The minimum Gasteiger partial charge on any atom is -0.380 e. The van der Waals surface area contributed by atoms with E-state index in [1.54, 1.807) is 12.5 Å². The molecule has 1 heterocycles. The zero-order valence-corrected chi connectivity index (χ0v) is 12.5. The molecule has 2 aromatic rings. The van der Waals surface area contributed by atoms with Crippen molar-refractivity contribution >= 4 is 0 Å². The molecule has 1 aromatic heterocycles. The molecular weight excluding hydrogens is 262 g/mol. The summed E-state index contributed by atoms with van der Waals surface area (Å²) in [5.74, 6) is 0. The first kappa shape index (κ1) is 15.5. The zero-order chi connectivity index (χ0) is 14.9. The lowest BCUT2D eigenvalue weighted by atomic mass is 10.1. The van der Waals surface area contributed by atoms with E-state index in [1.807, 2.05) is 16.8 Å². The number of benzene rings is 1. The summed E-state index contributed by atoms with van der Waals surface area (Å²) < 4.78 is 7.48. The summed E-state index contributed by atoms with van der Waals surface area (Å²) in [4.78, 5) is 4.06. The van der Waals surface area contributed by atoms with Crippen molar-refractivity contribution in [3.05, 3.63) is 61.2 Å². The molecule has 0 aliphatic rings. The van der Waals surface area contributed by atoms with E-state index in [4.69, 9.17) is 4.74 Å². The largest absolute Gasteiger partial charge is 0.380 e. The van der Waals surface area contributed by atoms with Crippen molar-refractivity contribution in [3.8, 4) is 5.69 Å². The minimum atomic E-state index is 0.310. The van der Waals surface area contributed by atoms with E-state index in [2.05, 4.69) is 48.1 Å². The van der Waals surface area contributed by atoms with Crippen LogP contribution in [-0.4, -0.2) is 29.3 Å². The van der Waals surface area contributed by atoms with Gasteiger partial charge in [-0.1, -0.05) is 18.2 Å². The Morgan fingerprint density at radius 2 is 2.14 bits per heavy atom. The maximum atomic E-state index is 5.48. The van der Waals surface area contributed by atoms with Crippen LogP contribution in [0, 0.1) is 0 Å². The van der Waals surface area contributed by atoms with E-state index in [0.29, 0.717) is 6.04 Å². The Bertz CT molecular complexity index is 519. The Morgan fingerprint density at radius 1 is 1.33 bits per heavy atom. The van der Waals surface area contributed by atoms with Crippen LogP contribution in [0.5, 0.6) is 0 Å². The summed E-state index contributed by atoms with van der Waals surface area (Å²) >= 11 is 0. The first-order chi connectivity index (χ1) is 10.3. The Labute approximate surface area is 126 Å².